The molecule has 0 saturated carbocycles. The molecule has 7 heteroatoms. The van der Waals surface area contributed by atoms with Crippen LogP contribution in [-0.4, -0.2) is 58.0 Å². The van der Waals surface area contributed by atoms with E-state index in [0.29, 0.717) is 54.9 Å². The number of amides is 1. The van der Waals surface area contributed by atoms with Gasteiger partial charge in [0.05, 0.1) is 11.3 Å². The monoisotopic (exact) mass is 391 g/mol. The normalized spacial score (nSPS) is 14.8. The van der Waals surface area contributed by atoms with Gasteiger partial charge in [-0.05, 0) is 18.2 Å². The minimum absolute atomic E-state index is 0.141. The fourth-order valence-electron chi connectivity index (χ4n) is 3.88. The first-order valence-electron chi connectivity index (χ1n) is 9.47. The summed E-state index contributed by atoms with van der Waals surface area (Å²) in [5.74, 6) is -1.06. The van der Waals surface area contributed by atoms with Gasteiger partial charge in [0.25, 0.3) is 5.56 Å². The van der Waals surface area contributed by atoms with Crippen LogP contribution in [0.4, 0.5) is 0 Å². The number of piperazine rings is 1. The summed E-state index contributed by atoms with van der Waals surface area (Å²) in [5, 5.41) is 10.9. The Balaban J connectivity index is 1.93. The Hall–Kier alpha value is -3.45. The Morgan fingerprint density at radius 3 is 2.17 bits per heavy atom. The standard InChI is InChI=1S/C22H21N3O4/c26-15-24-12-10-23(11-13-24)14-19-20(22(28)29)17-8-4-5-9-18(17)21(27)25(19)16-6-2-1-3-7-16/h1-9,15H,10-14H2,(H,28,29). The lowest BCUT2D eigenvalue weighted by molar-refractivity contribution is -0.119. The van der Waals surface area contributed by atoms with Crippen molar-refractivity contribution >= 4 is 23.2 Å². The molecule has 1 aliphatic heterocycles. The fraction of sp³-hybridized carbons (Fsp3) is 0.227. The molecule has 1 aromatic heterocycles. The SMILES string of the molecule is O=CN1CCN(Cc2c(C(=O)O)c3ccccc3c(=O)n2-c2ccccc2)CC1. The van der Waals surface area contributed by atoms with E-state index in [1.807, 2.05) is 18.2 Å². The van der Waals surface area contributed by atoms with Crippen molar-refractivity contribution in [2.45, 2.75) is 6.54 Å². The van der Waals surface area contributed by atoms with Gasteiger partial charge in [-0.15, -0.1) is 0 Å². The van der Waals surface area contributed by atoms with Gasteiger partial charge < -0.3 is 10.0 Å². The van der Waals surface area contributed by atoms with Gasteiger partial charge in [-0.25, -0.2) is 4.79 Å². The molecule has 1 amide bonds. The number of hydrogen-bond donors (Lipinski definition) is 1. The largest absolute Gasteiger partial charge is 0.478 e. The zero-order valence-electron chi connectivity index (χ0n) is 15.8. The zero-order chi connectivity index (χ0) is 20.4. The number of pyridine rings is 1. The van der Waals surface area contributed by atoms with Crippen molar-refractivity contribution in [3.8, 4) is 5.69 Å². The molecule has 0 bridgehead atoms. The third-order valence-electron chi connectivity index (χ3n) is 5.35. The molecule has 3 aromatic rings. The number of aromatic carboxylic acids is 1. The van der Waals surface area contributed by atoms with E-state index >= 15 is 0 Å². The summed E-state index contributed by atoms with van der Waals surface area (Å²) >= 11 is 0. The minimum Gasteiger partial charge on any atom is -0.478 e. The molecule has 29 heavy (non-hydrogen) atoms. The van der Waals surface area contributed by atoms with E-state index in [1.165, 1.54) is 4.57 Å². The summed E-state index contributed by atoms with van der Waals surface area (Å²) in [7, 11) is 0. The predicted molar refractivity (Wildman–Crippen MR) is 109 cm³/mol. The molecular weight excluding hydrogens is 370 g/mol. The lowest BCUT2D eigenvalue weighted by Crippen LogP contribution is -2.46. The van der Waals surface area contributed by atoms with Crippen molar-refractivity contribution in [1.29, 1.82) is 0 Å². The first-order valence-corrected chi connectivity index (χ1v) is 9.47. The highest BCUT2D eigenvalue weighted by atomic mass is 16.4. The molecule has 1 saturated heterocycles. The zero-order valence-corrected chi connectivity index (χ0v) is 15.8. The Morgan fingerprint density at radius 1 is 0.931 bits per heavy atom. The Bertz CT molecular complexity index is 1120. The number of carboxylic acid groups (broad SMARTS) is 1. The summed E-state index contributed by atoms with van der Waals surface area (Å²) in [5.41, 5.74) is 0.986. The number of nitrogens with zero attached hydrogens (tertiary/aromatic N) is 3. The topological polar surface area (TPSA) is 82.9 Å². The van der Waals surface area contributed by atoms with Crippen molar-refractivity contribution in [3.05, 3.63) is 76.2 Å². The minimum atomic E-state index is -1.06. The van der Waals surface area contributed by atoms with Gasteiger partial charge in [-0.3, -0.25) is 19.1 Å². The molecule has 1 aliphatic rings. The van der Waals surface area contributed by atoms with Crippen LogP contribution in [0.25, 0.3) is 16.5 Å². The van der Waals surface area contributed by atoms with Crippen molar-refractivity contribution in [3.63, 3.8) is 0 Å². The van der Waals surface area contributed by atoms with E-state index in [4.69, 9.17) is 0 Å². The maximum Gasteiger partial charge on any atom is 0.338 e. The molecule has 0 spiro atoms. The van der Waals surface area contributed by atoms with Crippen molar-refractivity contribution in [2.24, 2.45) is 0 Å². The number of fused-ring (bicyclic) bond motifs is 1. The van der Waals surface area contributed by atoms with Crippen molar-refractivity contribution < 1.29 is 14.7 Å². The molecule has 2 heterocycles. The van der Waals surface area contributed by atoms with Gasteiger partial charge in [0.1, 0.15) is 0 Å². The first kappa shape index (κ1) is 18.9. The summed E-state index contributed by atoms with van der Waals surface area (Å²) in [6.45, 7) is 2.70. The quantitative estimate of drug-likeness (QED) is 0.673. The van der Waals surface area contributed by atoms with E-state index in [1.54, 1.807) is 41.3 Å². The van der Waals surface area contributed by atoms with Gasteiger partial charge in [0.15, 0.2) is 0 Å². The number of benzene rings is 2. The molecule has 148 valence electrons. The number of para-hydroxylation sites is 1. The number of carboxylic acids is 1. The van der Waals surface area contributed by atoms with E-state index in [0.717, 1.165) is 6.41 Å². The predicted octanol–water partition coefficient (Wildman–Crippen LogP) is 1.96. The smallest absolute Gasteiger partial charge is 0.338 e. The molecule has 2 aromatic carbocycles. The average Bonchev–Trinajstić information content (AvgIpc) is 2.75. The Labute approximate surface area is 167 Å². The highest BCUT2D eigenvalue weighted by molar-refractivity contribution is 6.04. The number of hydrogen-bond acceptors (Lipinski definition) is 4. The Morgan fingerprint density at radius 2 is 1.55 bits per heavy atom. The molecule has 4 rings (SSSR count). The van der Waals surface area contributed by atoms with Crippen LogP contribution in [0, 0.1) is 0 Å². The summed E-state index contributed by atoms with van der Waals surface area (Å²) in [4.78, 5) is 40.4. The molecule has 7 nitrogen and oxygen atoms in total. The molecule has 0 atom stereocenters. The summed E-state index contributed by atoms with van der Waals surface area (Å²) in [6.07, 6.45) is 0.829. The van der Waals surface area contributed by atoms with Gasteiger partial charge in [-0.1, -0.05) is 36.4 Å². The van der Waals surface area contributed by atoms with Crippen LogP contribution in [0.2, 0.25) is 0 Å². The molecular formula is C22H21N3O4. The summed E-state index contributed by atoms with van der Waals surface area (Å²) < 4.78 is 1.51. The van der Waals surface area contributed by atoms with Crippen LogP contribution in [0.3, 0.4) is 0 Å². The van der Waals surface area contributed by atoms with Gasteiger partial charge in [0.2, 0.25) is 6.41 Å². The van der Waals surface area contributed by atoms with Crippen LogP contribution >= 0.6 is 0 Å². The number of rotatable bonds is 5. The maximum absolute atomic E-state index is 13.4. The molecule has 0 aliphatic carbocycles. The average molecular weight is 391 g/mol. The van der Waals surface area contributed by atoms with Gasteiger partial charge in [-0.2, -0.15) is 0 Å². The Kier molecular flexibility index (Phi) is 5.14. The van der Waals surface area contributed by atoms with E-state index in [2.05, 4.69) is 4.90 Å². The highest BCUT2D eigenvalue weighted by Gasteiger charge is 2.25. The summed E-state index contributed by atoms with van der Waals surface area (Å²) in [6, 6.07) is 15.9. The van der Waals surface area contributed by atoms with Crippen LogP contribution in [0.5, 0.6) is 0 Å². The number of carbonyl (C=O) groups excluding carboxylic acids is 1. The van der Waals surface area contributed by atoms with Crippen molar-refractivity contribution in [2.75, 3.05) is 26.2 Å². The lowest BCUT2D eigenvalue weighted by Gasteiger charge is -2.33. The lowest BCUT2D eigenvalue weighted by atomic mass is 10.0. The van der Waals surface area contributed by atoms with E-state index in [9.17, 15) is 19.5 Å². The first-order chi connectivity index (χ1) is 14.1. The second-order valence-electron chi connectivity index (χ2n) is 7.07. The van der Waals surface area contributed by atoms with Crippen LogP contribution in [0.15, 0.2) is 59.4 Å². The second-order valence-corrected chi connectivity index (χ2v) is 7.07. The highest BCUT2D eigenvalue weighted by Crippen LogP contribution is 2.24. The van der Waals surface area contributed by atoms with Gasteiger partial charge >= 0.3 is 5.97 Å². The maximum atomic E-state index is 13.4. The third-order valence-corrected chi connectivity index (χ3v) is 5.35. The van der Waals surface area contributed by atoms with Crippen LogP contribution < -0.4 is 5.56 Å². The van der Waals surface area contributed by atoms with E-state index < -0.39 is 5.97 Å². The molecule has 1 fully saturated rings. The van der Waals surface area contributed by atoms with E-state index in [-0.39, 0.29) is 11.1 Å². The molecule has 0 radical (unpaired) electrons. The van der Waals surface area contributed by atoms with Gasteiger partial charge in [0, 0.05) is 49.2 Å². The number of aromatic nitrogens is 1. The molecule has 0 unspecified atom stereocenters. The molecule has 1 N–H and O–H groups in total. The number of carbonyl (C=O) groups is 2. The van der Waals surface area contributed by atoms with Crippen LogP contribution in [-0.2, 0) is 11.3 Å². The van der Waals surface area contributed by atoms with Crippen LogP contribution in [0.1, 0.15) is 16.1 Å². The van der Waals surface area contributed by atoms with Crippen molar-refractivity contribution in [1.82, 2.24) is 14.4 Å². The second kappa shape index (κ2) is 7.89. The third kappa shape index (κ3) is 3.52. The fourth-order valence-corrected chi connectivity index (χ4v) is 3.88.